The van der Waals surface area contributed by atoms with Gasteiger partial charge in [-0.25, -0.2) is 9.69 Å². The number of carbonyl (C=O) groups excluding carboxylic acids is 3. The average molecular weight is 400 g/mol. The molecule has 1 atom stereocenters. The normalized spacial score (nSPS) is 16.6. The fraction of sp³-hybridized carbons (Fsp3) is 0.150. The number of urea groups is 1. The van der Waals surface area contributed by atoms with E-state index in [1.165, 1.54) is 12.1 Å². The van der Waals surface area contributed by atoms with Gasteiger partial charge in [-0.3, -0.25) is 14.9 Å². The van der Waals surface area contributed by atoms with Crippen LogP contribution in [0.15, 0.2) is 60.8 Å². The largest absolute Gasteiger partial charge is 0.494 e. The predicted octanol–water partition coefficient (Wildman–Crippen LogP) is 3.56. The predicted molar refractivity (Wildman–Crippen MR) is 106 cm³/mol. The van der Waals surface area contributed by atoms with Crippen LogP contribution < -0.4 is 20.3 Å². The molecule has 1 fully saturated rings. The van der Waals surface area contributed by atoms with Gasteiger partial charge in [-0.1, -0.05) is 18.2 Å². The van der Waals surface area contributed by atoms with E-state index < -0.39 is 23.8 Å². The Kier molecular flexibility index (Phi) is 5.65. The maximum atomic E-state index is 12.9. The molecule has 1 aliphatic rings. The molecule has 2 aromatic carbocycles. The minimum atomic E-state index is -1.26. The summed E-state index contributed by atoms with van der Waals surface area (Å²) in [7, 11) is 0. The van der Waals surface area contributed by atoms with Crippen LogP contribution in [0.5, 0.6) is 5.75 Å². The first-order chi connectivity index (χ1) is 13.4. The maximum Gasteiger partial charge on any atom is 0.335 e. The Morgan fingerprint density at radius 1 is 1.14 bits per heavy atom. The van der Waals surface area contributed by atoms with Gasteiger partial charge in [0.25, 0.3) is 5.91 Å². The van der Waals surface area contributed by atoms with Crippen molar-refractivity contribution in [1.29, 1.82) is 0 Å². The molecule has 0 saturated carbocycles. The third-order valence-corrected chi connectivity index (χ3v) is 4.32. The number of barbiturate groups is 1. The highest BCUT2D eigenvalue weighted by atomic mass is 35.5. The van der Waals surface area contributed by atoms with Crippen LogP contribution >= 0.6 is 11.6 Å². The van der Waals surface area contributed by atoms with Gasteiger partial charge in [-0.15, -0.1) is 0 Å². The minimum absolute atomic E-state index is 0.151. The van der Waals surface area contributed by atoms with Gasteiger partial charge in [-0.05, 0) is 55.5 Å². The lowest BCUT2D eigenvalue weighted by atomic mass is 10.0. The van der Waals surface area contributed by atoms with Crippen molar-refractivity contribution in [3.05, 3.63) is 65.8 Å². The van der Waals surface area contributed by atoms with Crippen molar-refractivity contribution in [2.45, 2.75) is 6.92 Å². The van der Waals surface area contributed by atoms with Gasteiger partial charge in [0, 0.05) is 16.4 Å². The van der Waals surface area contributed by atoms with Crippen LogP contribution in [0.2, 0.25) is 5.02 Å². The van der Waals surface area contributed by atoms with E-state index >= 15 is 0 Å². The molecular weight excluding hydrogens is 382 g/mol. The van der Waals surface area contributed by atoms with E-state index in [4.69, 9.17) is 16.3 Å². The Balaban J connectivity index is 1.80. The van der Waals surface area contributed by atoms with Crippen molar-refractivity contribution in [3.63, 3.8) is 0 Å². The van der Waals surface area contributed by atoms with E-state index in [0.29, 0.717) is 28.8 Å². The van der Waals surface area contributed by atoms with Gasteiger partial charge in [0.1, 0.15) is 5.75 Å². The third kappa shape index (κ3) is 3.99. The SMILES string of the molecule is C=C(Nc1ccc(OCC)cc1)C1C(=O)NC(=O)N(c2ccc(Cl)cc2)C1=O. The maximum absolute atomic E-state index is 12.9. The van der Waals surface area contributed by atoms with Crippen molar-refractivity contribution in [2.24, 2.45) is 5.92 Å². The molecule has 1 saturated heterocycles. The molecule has 2 N–H and O–H groups in total. The lowest BCUT2D eigenvalue weighted by molar-refractivity contribution is -0.132. The molecule has 0 aliphatic carbocycles. The molecule has 28 heavy (non-hydrogen) atoms. The summed E-state index contributed by atoms with van der Waals surface area (Å²) in [4.78, 5) is 38.3. The first-order valence-electron chi connectivity index (χ1n) is 8.53. The second kappa shape index (κ2) is 8.14. The topological polar surface area (TPSA) is 87.7 Å². The molecule has 0 radical (unpaired) electrons. The minimum Gasteiger partial charge on any atom is -0.494 e. The third-order valence-electron chi connectivity index (χ3n) is 4.07. The van der Waals surface area contributed by atoms with Crippen LogP contribution in [-0.2, 0) is 9.59 Å². The van der Waals surface area contributed by atoms with Crippen LogP contribution in [0.4, 0.5) is 16.2 Å². The second-order valence-electron chi connectivity index (χ2n) is 5.99. The molecule has 2 aromatic rings. The summed E-state index contributed by atoms with van der Waals surface area (Å²) in [6, 6.07) is 12.3. The summed E-state index contributed by atoms with van der Waals surface area (Å²) >= 11 is 5.86. The number of imide groups is 2. The molecule has 1 aliphatic heterocycles. The lowest BCUT2D eigenvalue weighted by Crippen LogP contribution is -2.59. The fourth-order valence-electron chi connectivity index (χ4n) is 2.78. The molecule has 1 unspecified atom stereocenters. The van der Waals surface area contributed by atoms with E-state index in [1.54, 1.807) is 36.4 Å². The Morgan fingerprint density at radius 3 is 2.39 bits per heavy atom. The van der Waals surface area contributed by atoms with E-state index in [1.807, 2.05) is 6.92 Å². The number of hydrogen-bond acceptors (Lipinski definition) is 5. The average Bonchev–Trinajstić information content (AvgIpc) is 2.64. The Labute approximate surface area is 166 Å². The molecule has 144 valence electrons. The van der Waals surface area contributed by atoms with Gasteiger partial charge in [0.15, 0.2) is 5.92 Å². The lowest BCUT2D eigenvalue weighted by Gasteiger charge is -2.31. The van der Waals surface area contributed by atoms with Gasteiger partial charge in [0.2, 0.25) is 5.91 Å². The van der Waals surface area contributed by atoms with Crippen LogP contribution in [0.3, 0.4) is 0 Å². The number of carbonyl (C=O) groups is 3. The highest BCUT2D eigenvalue weighted by Crippen LogP contribution is 2.26. The molecule has 0 spiro atoms. The highest BCUT2D eigenvalue weighted by Gasteiger charge is 2.42. The number of nitrogens with one attached hydrogen (secondary N) is 2. The molecule has 8 heteroatoms. The number of benzene rings is 2. The number of hydrogen-bond donors (Lipinski definition) is 2. The zero-order chi connectivity index (χ0) is 20.3. The molecule has 1 heterocycles. The zero-order valence-corrected chi connectivity index (χ0v) is 15.8. The van der Waals surface area contributed by atoms with E-state index in [0.717, 1.165) is 4.90 Å². The van der Waals surface area contributed by atoms with E-state index in [-0.39, 0.29) is 5.70 Å². The first-order valence-corrected chi connectivity index (χ1v) is 8.91. The van der Waals surface area contributed by atoms with Gasteiger partial charge in [0.05, 0.1) is 12.3 Å². The molecule has 3 rings (SSSR count). The standard InChI is InChI=1S/C20H18ClN3O4/c1-3-28-16-10-6-14(7-11-16)22-12(2)17-18(25)23-20(27)24(19(17)26)15-8-4-13(21)5-9-15/h4-11,17,22H,2-3H2,1H3,(H,23,25,27). The smallest absolute Gasteiger partial charge is 0.335 e. The summed E-state index contributed by atoms with van der Waals surface area (Å²) in [5.41, 5.74) is 1.08. The Bertz CT molecular complexity index is 925. The van der Waals surface area contributed by atoms with Gasteiger partial charge >= 0.3 is 6.03 Å². The molecule has 4 amide bonds. The summed E-state index contributed by atoms with van der Waals surface area (Å²) in [5.74, 6) is -1.99. The van der Waals surface area contributed by atoms with Crippen molar-refractivity contribution in [1.82, 2.24) is 5.32 Å². The number of amides is 4. The van der Waals surface area contributed by atoms with Gasteiger partial charge in [-0.2, -0.15) is 0 Å². The molecule has 0 aromatic heterocycles. The van der Waals surface area contributed by atoms with Crippen LogP contribution in [0, 0.1) is 5.92 Å². The Morgan fingerprint density at radius 2 is 1.79 bits per heavy atom. The van der Waals surface area contributed by atoms with Gasteiger partial charge < -0.3 is 10.1 Å². The molecular formula is C20H18ClN3O4. The number of anilines is 2. The van der Waals surface area contributed by atoms with Crippen molar-refractivity contribution in [3.8, 4) is 5.75 Å². The summed E-state index contributed by atoms with van der Waals surface area (Å²) in [5, 5.41) is 5.60. The number of nitrogens with zero attached hydrogens (tertiary/aromatic N) is 1. The van der Waals surface area contributed by atoms with Crippen molar-refractivity contribution >= 4 is 40.8 Å². The van der Waals surface area contributed by atoms with Crippen molar-refractivity contribution < 1.29 is 19.1 Å². The Hall–Kier alpha value is -3.32. The number of ether oxygens (including phenoxy) is 1. The molecule has 0 bridgehead atoms. The monoisotopic (exact) mass is 399 g/mol. The summed E-state index contributed by atoms with van der Waals surface area (Å²) in [6.07, 6.45) is 0. The molecule has 7 nitrogen and oxygen atoms in total. The fourth-order valence-corrected chi connectivity index (χ4v) is 2.90. The summed E-state index contributed by atoms with van der Waals surface area (Å²) < 4.78 is 5.38. The van der Waals surface area contributed by atoms with E-state index in [2.05, 4.69) is 17.2 Å². The van der Waals surface area contributed by atoms with E-state index in [9.17, 15) is 14.4 Å². The van der Waals surface area contributed by atoms with Crippen LogP contribution in [0.1, 0.15) is 6.92 Å². The van der Waals surface area contributed by atoms with Crippen LogP contribution in [0.25, 0.3) is 0 Å². The second-order valence-corrected chi connectivity index (χ2v) is 6.42. The quantitative estimate of drug-likeness (QED) is 0.725. The van der Waals surface area contributed by atoms with Crippen molar-refractivity contribution in [2.75, 3.05) is 16.8 Å². The first kappa shape index (κ1) is 19.4. The summed E-state index contributed by atoms with van der Waals surface area (Å²) in [6.45, 7) is 6.25. The number of halogens is 1. The highest BCUT2D eigenvalue weighted by molar-refractivity contribution is 6.31. The zero-order valence-electron chi connectivity index (χ0n) is 15.1. The van der Waals surface area contributed by atoms with Crippen LogP contribution in [-0.4, -0.2) is 24.5 Å². The number of rotatable bonds is 6.